The van der Waals surface area contributed by atoms with Gasteiger partial charge in [-0.1, -0.05) is 6.07 Å². The predicted octanol–water partition coefficient (Wildman–Crippen LogP) is 3.25. The summed E-state index contributed by atoms with van der Waals surface area (Å²) in [6, 6.07) is 6.06. The molecule has 2 aromatic rings. The molecule has 0 bridgehead atoms. The number of para-hydroxylation sites is 1. The third kappa shape index (κ3) is 2.74. The standard InChI is InChI=1S/C16H21ClN2O2/c1-11-12(7-9-21-11)10-19-13-4-3-5-14(20-2)16(13)18-15(19)6-8-17/h3-5,11-12H,6-10H2,1-2H3. The molecule has 3 rings (SSSR count). The Morgan fingerprint density at radius 1 is 1.48 bits per heavy atom. The van der Waals surface area contributed by atoms with Gasteiger partial charge in [0.25, 0.3) is 0 Å². The maximum Gasteiger partial charge on any atom is 0.146 e. The highest BCUT2D eigenvalue weighted by Gasteiger charge is 2.26. The Bertz CT molecular complexity index is 626. The number of methoxy groups -OCH3 is 1. The number of imidazole rings is 1. The molecule has 1 aliphatic heterocycles. The molecule has 1 fully saturated rings. The van der Waals surface area contributed by atoms with Crippen LogP contribution in [0.1, 0.15) is 19.2 Å². The number of fused-ring (bicyclic) bond motifs is 1. The Morgan fingerprint density at radius 3 is 3.00 bits per heavy atom. The van der Waals surface area contributed by atoms with Crippen LogP contribution in [-0.4, -0.2) is 35.3 Å². The van der Waals surface area contributed by atoms with Crippen molar-refractivity contribution in [1.29, 1.82) is 0 Å². The van der Waals surface area contributed by atoms with Gasteiger partial charge in [-0.15, -0.1) is 11.6 Å². The summed E-state index contributed by atoms with van der Waals surface area (Å²) >= 11 is 5.95. The fourth-order valence-corrected chi connectivity index (χ4v) is 3.23. The normalized spacial score (nSPS) is 22.0. The van der Waals surface area contributed by atoms with Gasteiger partial charge in [-0.2, -0.15) is 0 Å². The molecule has 0 saturated carbocycles. The van der Waals surface area contributed by atoms with E-state index in [-0.39, 0.29) is 0 Å². The van der Waals surface area contributed by atoms with E-state index in [9.17, 15) is 0 Å². The number of halogens is 1. The van der Waals surface area contributed by atoms with Crippen molar-refractivity contribution < 1.29 is 9.47 Å². The first kappa shape index (κ1) is 14.7. The number of rotatable bonds is 5. The van der Waals surface area contributed by atoms with Gasteiger partial charge in [0.05, 0.1) is 18.7 Å². The maximum absolute atomic E-state index is 5.95. The second kappa shape index (κ2) is 6.24. The average molecular weight is 309 g/mol. The van der Waals surface area contributed by atoms with Crippen molar-refractivity contribution in [2.24, 2.45) is 5.92 Å². The first-order chi connectivity index (χ1) is 10.2. The van der Waals surface area contributed by atoms with Crippen molar-refractivity contribution in [2.75, 3.05) is 19.6 Å². The number of aryl methyl sites for hydroxylation is 1. The molecule has 21 heavy (non-hydrogen) atoms. The minimum atomic E-state index is 0.303. The summed E-state index contributed by atoms with van der Waals surface area (Å²) in [7, 11) is 1.68. The number of benzene rings is 1. The van der Waals surface area contributed by atoms with Gasteiger partial charge in [0.2, 0.25) is 0 Å². The molecular formula is C16H21ClN2O2. The van der Waals surface area contributed by atoms with Crippen molar-refractivity contribution in [1.82, 2.24) is 9.55 Å². The molecule has 0 amide bonds. The highest BCUT2D eigenvalue weighted by Crippen LogP contribution is 2.29. The molecule has 4 nitrogen and oxygen atoms in total. The van der Waals surface area contributed by atoms with Crippen LogP contribution in [0.4, 0.5) is 0 Å². The lowest BCUT2D eigenvalue weighted by Crippen LogP contribution is -2.19. The van der Waals surface area contributed by atoms with Crippen LogP contribution in [0.5, 0.6) is 5.75 Å². The molecule has 5 heteroatoms. The van der Waals surface area contributed by atoms with Crippen molar-refractivity contribution >= 4 is 22.6 Å². The third-order valence-corrected chi connectivity index (χ3v) is 4.50. The third-order valence-electron chi connectivity index (χ3n) is 4.31. The van der Waals surface area contributed by atoms with Crippen molar-refractivity contribution in [2.45, 2.75) is 32.4 Å². The summed E-state index contributed by atoms with van der Waals surface area (Å²) in [5, 5.41) is 0. The molecule has 114 valence electrons. The van der Waals surface area contributed by atoms with Gasteiger partial charge in [-0.05, 0) is 25.5 Å². The molecule has 2 unspecified atom stereocenters. The van der Waals surface area contributed by atoms with Crippen molar-refractivity contribution in [3.05, 3.63) is 24.0 Å². The monoisotopic (exact) mass is 308 g/mol. The fraction of sp³-hybridized carbons (Fsp3) is 0.562. The fourth-order valence-electron chi connectivity index (χ4n) is 3.06. The van der Waals surface area contributed by atoms with Gasteiger partial charge in [0.15, 0.2) is 0 Å². The average Bonchev–Trinajstić information content (AvgIpc) is 3.05. The molecule has 0 spiro atoms. The van der Waals surface area contributed by atoms with E-state index in [1.165, 1.54) is 0 Å². The zero-order valence-corrected chi connectivity index (χ0v) is 13.3. The number of hydrogen-bond donors (Lipinski definition) is 0. The van der Waals surface area contributed by atoms with Crippen LogP contribution in [0.3, 0.4) is 0 Å². The van der Waals surface area contributed by atoms with E-state index in [1.54, 1.807) is 7.11 Å². The first-order valence-corrected chi connectivity index (χ1v) is 7.97. The van der Waals surface area contributed by atoms with Crippen LogP contribution in [0.25, 0.3) is 11.0 Å². The maximum atomic E-state index is 5.95. The SMILES string of the molecule is COc1cccc2c1nc(CCCl)n2CC1CCOC1C. The number of aromatic nitrogens is 2. The zero-order valence-electron chi connectivity index (χ0n) is 12.5. The summed E-state index contributed by atoms with van der Waals surface area (Å²) in [5.41, 5.74) is 2.04. The molecule has 0 radical (unpaired) electrons. The number of hydrogen-bond acceptors (Lipinski definition) is 3. The van der Waals surface area contributed by atoms with E-state index in [4.69, 9.17) is 26.1 Å². The number of nitrogens with zero attached hydrogens (tertiary/aromatic N) is 2. The summed E-state index contributed by atoms with van der Waals surface area (Å²) in [4.78, 5) is 4.75. The van der Waals surface area contributed by atoms with E-state index in [0.29, 0.717) is 17.9 Å². The Kier molecular flexibility index (Phi) is 4.36. The predicted molar refractivity (Wildman–Crippen MR) is 84.2 cm³/mol. The molecule has 0 aliphatic carbocycles. The van der Waals surface area contributed by atoms with Gasteiger partial charge >= 0.3 is 0 Å². The second-order valence-electron chi connectivity index (χ2n) is 5.53. The van der Waals surface area contributed by atoms with Gasteiger partial charge in [0.1, 0.15) is 17.1 Å². The van der Waals surface area contributed by atoms with E-state index in [0.717, 1.165) is 48.6 Å². The lowest BCUT2D eigenvalue weighted by Gasteiger charge is -2.17. The van der Waals surface area contributed by atoms with E-state index in [1.807, 2.05) is 12.1 Å². The van der Waals surface area contributed by atoms with Crippen LogP contribution >= 0.6 is 11.6 Å². The van der Waals surface area contributed by atoms with Gasteiger partial charge < -0.3 is 14.0 Å². The first-order valence-electron chi connectivity index (χ1n) is 7.44. The molecule has 1 aliphatic rings. The summed E-state index contributed by atoms with van der Waals surface area (Å²) < 4.78 is 13.4. The topological polar surface area (TPSA) is 36.3 Å². The molecule has 2 heterocycles. The lowest BCUT2D eigenvalue weighted by molar-refractivity contribution is 0.102. The number of alkyl halides is 1. The largest absolute Gasteiger partial charge is 0.494 e. The van der Waals surface area contributed by atoms with Crippen molar-refractivity contribution in [3.63, 3.8) is 0 Å². The lowest BCUT2D eigenvalue weighted by atomic mass is 10.0. The minimum absolute atomic E-state index is 0.303. The summed E-state index contributed by atoms with van der Waals surface area (Å²) in [6.45, 7) is 3.93. The molecule has 2 atom stereocenters. The number of ether oxygens (including phenoxy) is 2. The van der Waals surface area contributed by atoms with Crippen LogP contribution in [-0.2, 0) is 17.7 Å². The smallest absolute Gasteiger partial charge is 0.146 e. The van der Waals surface area contributed by atoms with Gasteiger partial charge in [-0.25, -0.2) is 4.98 Å². The molecule has 1 aromatic carbocycles. The molecule has 1 saturated heterocycles. The van der Waals surface area contributed by atoms with Gasteiger partial charge in [-0.3, -0.25) is 0 Å². The highest BCUT2D eigenvalue weighted by atomic mass is 35.5. The molecule has 0 N–H and O–H groups in total. The van der Waals surface area contributed by atoms with E-state index in [2.05, 4.69) is 17.6 Å². The Hall–Kier alpha value is -1.26. The van der Waals surface area contributed by atoms with Crippen molar-refractivity contribution in [3.8, 4) is 5.75 Å². The summed E-state index contributed by atoms with van der Waals surface area (Å²) in [6.07, 6.45) is 2.17. The molecular weight excluding hydrogens is 288 g/mol. The van der Waals surface area contributed by atoms with Gasteiger partial charge in [0, 0.05) is 31.4 Å². The Morgan fingerprint density at radius 2 is 2.33 bits per heavy atom. The Balaban J connectivity index is 2.03. The van der Waals surface area contributed by atoms with Crippen LogP contribution < -0.4 is 4.74 Å². The van der Waals surface area contributed by atoms with E-state index < -0.39 is 0 Å². The Labute approximate surface area is 130 Å². The highest BCUT2D eigenvalue weighted by molar-refractivity contribution is 6.17. The van der Waals surface area contributed by atoms with Crippen LogP contribution in [0.2, 0.25) is 0 Å². The zero-order chi connectivity index (χ0) is 14.8. The van der Waals surface area contributed by atoms with Crippen LogP contribution in [0.15, 0.2) is 18.2 Å². The molecule has 1 aromatic heterocycles. The minimum Gasteiger partial charge on any atom is -0.494 e. The quantitative estimate of drug-likeness (QED) is 0.796. The van der Waals surface area contributed by atoms with E-state index >= 15 is 0 Å². The van der Waals surface area contributed by atoms with Crippen LogP contribution in [0, 0.1) is 5.92 Å². The summed E-state index contributed by atoms with van der Waals surface area (Å²) in [5.74, 6) is 2.95. The second-order valence-corrected chi connectivity index (χ2v) is 5.91.